The van der Waals surface area contributed by atoms with E-state index in [0.717, 1.165) is 46.1 Å². The third kappa shape index (κ3) is 4.82. The fourth-order valence-electron chi connectivity index (χ4n) is 3.90. The monoisotopic (exact) mass is 449 g/mol. The highest BCUT2D eigenvalue weighted by Gasteiger charge is 2.26. The van der Waals surface area contributed by atoms with Crippen LogP contribution < -0.4 is 10.6 Å². The van der Waals surface area contributed by atoms with Crippen LogP contribution >= 0.6 is 11.6 Å². The van der Waals surface area contributed by atoms with Crippen molar-refractivity contribution >= 4 is 46.0 Å². The Hall–Kier alpha value is -3.22. The number of ether oxygens (including phenoxy) is 1. The van der Waals surface area contributed by atoms with Gasteiger partial charge in [-0.3, -0.25) is 9.59 Å². The third-order valence-electron chi connectivity index (χ3n) is 5.42. The maximum Gasteiger partial charge on any atom is 0.252 e. The van der Waals surface area contributed by atoms with Crippen LogP contribution in [0.2, 0.25) is 5.02 Å². The number of fused-ring (bicyclic) bond motifs is 2. The lowest BCUT2D eigenvalue weighted by atomic mass is 10.00. The van der Waals surface area contributed by atoms with Crippen molar-refractivity contribution in [1.82, 2.24) is 15.6 Å². The summed E-state index contributed by atoms with van der Waals surface area (Å²) in [5.74, 6) is -0.525. The molecule has 0 bridgehead atoms. The van der Waals surface area contributed by atoms with Gasteiger partial charge in [-0.15, -0.1) is 0 Å². The van der Waals surface area contributed by atoms with Crippen LogP contribution in [0.15, 0.2) is 48.5 Å². The van der Waals surface area contributed by atoms with Gasteiger partial charge in [-0.05, 0) is 53.8 Å². The molecule has 0 saturated carbocycles. The molecule has 7 heteroatoms. The Morgan fingerprint density at radius 3 is 2.66 bits per heavy atom. The number of rotatable bonds is 7. The molecule has 0 aliphatic heterocycles. The van der Waals surface area contributed by atoms with E-state index in [1.165, 1.54) is 0 Å². The Morgan fingerprint density at radius 2 is 1.88 bits per heavy atom. The topological polar surface area (TPSA) is 80.3 Å². The van der Waals surface area contributed by atoms with E-state index >= 15 is 0 Å². The molecule has 0 fully saturated rings. The molecule has 164 valence electrons. The van der Waals surface area contributed by atoms with E-state index in [9.17, 15) is 9.59 Å². The maximum absolute atomic E-state index is 13.2. The molecule has 1 aliphatic carbocycles. The second kappa shape index (κ2) is 9.94. The first kappa shape index (κ1) is 22.0. The maximum atomic E-state index is 13.2. The van der Waals surface area contributed by atoms with Gasteiger partial charge in [0.2, 0.25) is 5.91 Å². The first-order valence-corrected chi connectivity index (χ1v) is 10.9. The van der Waals surface area contributed by atoms with Crippen LogP contribution in [-0.2, 0) is 16.0 Å². The minimum atomic E-state index is -0.269. The molecule has 0 radical (unpaired) electrons. The van der Waals surface area contributed by atoms with Gasteiger partial charge < -0.3 is 15.4 Å². The van der Waals surface area contributed by atoms with Crippen LogP contribution in [0.5, 0.6) is 0 Å². The van der Waals surface area contributed by atoms with Gasteiger partial charge in [0.25, 0.3) is 5.91 Å². The van der Waals surface area contributed by atoms with Gasteiger partial charge in [0, 0.05) is 24.1 Å². The summed E-state index contributed by atoms with van der Waals surface area (Å²) in [4.78, 5) is 30.1. The molecule has 2 aromatic carbocycles. The summed E-state index contributed by atoms with van der Waals surface area (Å²) in [6, 6.07) is 15.2. The van der Waals surface area contributed by atoms with Gasteiger partial charge in [0.05, 0.1) is 29.9 Å². The number of hydrogen-bond donors (Lipinski definition) is 2. The van der Waals surface area contributed by atoms with Crippen LogP contribution in [0.1, 0.15) is 33.6 Å². The Morgan fingerprint density at radius 1 is 1.09 bits per heavy atom. The summed E-state index contributed by atoms with van der Waals surface area (Å²) >= 11 is 6.01. The Balaban J connectivity index is 1.65. The van der Waals surface area contributed by atoms with E-state index in [1.54, 1.807) is 7.11 Å². The normalized spacial score (nSPS) is 13.9. The number of allylic oxidation sites excluding steroid dienone is 1. The van der Waals surface area contributed by atoms with Crippen molar-refractivity contribution < 1.29 is 14.3 Å². The minimum Gasteiger partial charge on any atom is -0.383 e. The summed E-state index contributed by atoms with van der Waals surface area (Å²) in [6.07, 6.45) is 3.60. The van der Waals surface area contributed by atoms with E-state index < -0.39 is 0 Å². The SMILES string of the molecule is COCCNC(=O)CNC(=O)c1c2c(nc3ccccc13)/C(=C/c1ccc(Cl)cc1)CC2. The molecule has 0 spiro atoms. The largest absolute Gasteiger partial charge is 0.383 e. The Kier molecular flexibility index (Phi) is 6.83. The number of nitrogens with zero attached hydrogens (tertiary/aromatic N) is 1. The zero-order chi connectivity index (χ0) is 22.5. The summed E-state index contributed by atoms with van der Waals surface area (Å²) in [5, 5.41) is 6.95. The van der Waals surface area contributed by atoms with Crippen LogP contribution in [0, 0.1) is 0 Å². The molecule has 2 N–H and O–H groups in total. The molecular weight excluding hydrogens is 426 g/mol. The zero-order valence-corrected chi connectivity index (χ0v) is 18.5. The van der Waals surface area contributed by atoms with E-state index in [-0.39, 0.29) is 18.4 Å². The van der Waals surface area contributed by atoms with Crippen LogP contribution in [0.4, 0.5) is 0 Å². The Bertz CT molecular complexity index is 1190. The molecule has 2 amide bonds. The molecule has 1 aliphatic rings. The number of nitrogens with one attached hydrogen (secondary N) is 2. The minimum absolute atomic E-state index is 0.0958. The molecule has 0 unspecified atom stereocenters. The van der Waals surface area contributed by atoms with Gasteiger partial charge in [-0.1, -0.05) is 41.9 Å². The molecule has 3 aromatic rings. The van der Waals surface area contributed by atoms with Gasteiger partial charge >= 0.3 is 0 Å². The number of para-hydroxylation sites is 1. The smallest absolute Gasteiger partial charge is 0.252 e. The average molecular weight is 450 g/mol. The van der Waals surface area contributed by atoms with Crippen molar-refractivity contribution in [3.8, 4) is 0 Å². The average Bonchev–Trinajstić information content (AvgIpc) is 3.19. The predicted molar refractivity (Wildman–Crippen MR) is 127 cm³/mol. The van der Waals surface area contributed by atoms with E-state index in [1.807, 2.05) is 48.5 Å². The number of halogens is 1. The van der Waals surface area contributed by atoms with E-state index in [0.29, 0.717) is 23.7 Å². The highest BCUT2D eigenvalue weighted by atomic mass is 35.5. The number of amides is 2. The van der Waals surface area contributed by atoms with Crippen LogP contribution in [-0.4, -0.2) is 43.6 Å². The number of hydrogen-bond acceptors (Lipinski definition) is 4. The summed E-state index contributed by atoms with van der Waals surface area (Å²) in [7, 11) is 1.57. The van der Waals surface area contributed by atoms with Gasteiger partial charge in [0.1, 0.15) is 0 Å². The van der Waals surface area contributed by atoms with Crippen LogP contribution in [0.25, 0.3) is 22.6 Å². The van der Waals surface area contributed by atoms with Gasteiger partial charge in [-0.2, -0.15) is 0 Å². The molecule has 4 rings (SSSR count). The first-order chi connectivity index (χ1) is 15.6. The lowest BCUT2D eigenvalue weighted by Gasteiger charge is -2.13. The number of methoxy groups -OCH3 is 1. The number of pyridine rings is 1. The second-order valence-corrected chi connectivity index (χ2v) is 8.01. The quantitative estimate of drug-likeness (QED) is 0.536. The second-order valence-electron chi connectivity index (χ2n) is 7.58. The fraction of sp³-hybridized carbons (Fsp3) is 0.240. The number of carbonyl (C=O) groups is 2. The predicted octanol–water partition coefficient (Wildman–Crippen LogP) is 3.87. The van der Waals surface area contributed by atoms with Crippen molar-refractivity contribution in [1.29, 1.82) is 0 Å². The molecule has 1 aromatic heterocycles. The van der Waals surface area contributed by atoms with Crippen molar-refractivity contribution in [3.63, 3.8) is 0 Å². The summed E-state index contributed by atoms with van der Waals surface area (Å²) in [5.41, 5.74) is 5.22. The first-order valence-electron chi connectivity index (χ1n) is 10.5. The highest BCUT2D eigenvalue weighted by molar-refractivity contribution is 6.30. The molecular formula is C25H24ClN3O3. The van der Waals surface area contributed by atoms with E-state index in [4.69, 9.17) is 21.3 Å². The molecule has 6 nitrogen and oxygen atoms in total. The lowest BCUT2D eigenvalue weighted by Crippen LogP contribution is -2.38. The molecule has 1 heterocycles. The molecule has 0 saturated heterocycles. The fourth-order valence-corrected chi connectivity index (χ4v) is 4.03. The summed E-state index contributed by atoms with van der Waals surface area (Å²) in [6.45, 7) is 0.726. The van der Waals surface area contributed by atoms with Crippen molar-refractivity contribution in [2.24, 2.45) is 0 Å². The Labute approximate surface area is 191 Å². The number of aromatic nitrogens is 1. The lowest BCUT2D eigenvalue weighted by molar-refractivity contribution is -0.120. The van der Waals surface area contributed by atoms with Gasteiger partial charge in [-0.25, -0.2) is 4.98 Å². The molecule has 0 atom stereocenters. The highest BCUT2D eigenvalue weighted by Crippen LogP contribution is 2.37. The zero-order valence-electron chi connectivity index (χ0n) is 17.8. The van der Waals surface area contributed by atoms with Crippen molar-refractivity contribution in [3.05, 3.63) is 75.9 Å². The summed E-state index contributed by atoms with van der Waals surface area (Å²) < 4.78 is 4.92. The van der Waals surface area contributed by atoms with Crippen molar-refractivity contribution in [2.45, 2.75) is 12.8 Å². The van der Waals surface area contributed by atoms with Crippen LogP contribution in [0.3, 0.4) is 0 Å². The van der Waals surface area contributed by atoms with Crippen molar-refractivity contribution in [2.75, 3.05) is 26.8 Å². The number of benzene rings is 2. The standard InChI is InChI=1S/C25H24ClN3O3/c1-32-13-12-27-22(30)15-28-25(31)23-19-4-2-3-5-21(19)29-24-17(8-11-20(23)24)14-16-6-9-18(26)10-7-16/h2-7,9-10,14H,8,11-13,15H2,1H3,(H,27,30)(H,28,31)/b17-14+. The molecule has 32 heavy (non-hydrogen) atoms. The van der Waals surface area contributed by atoms with E-state index in [2.05, 4.69) is 16.7 Å². The van der Waals surface area contributed by atoms with Gasteiger partial charge in [0.15, 0.2) is 0 Å². The third-order valence-corrected chi connectivity index (χ3v) is 5.67. The number of carbonyl (C=O) groups excluding carboxylic acids is 2.